The number of rotatable bonds is 4. The maximum absolute atomic E-state index is 13.2. The fraction of sp³-hybridized carbons (Fsp3) is 0.533. The molecule has 0 aliphatic heterocycles. The predicted molar refractivity (Wildman–Crippen MR) is 85.1 cm³/mol. The minimum absolute atomic E-state index is 0.0748. The first kappa shape index (κ1) is 16.6. The first-order valence-corrected chi connectivity index (χ1v) is 8.26. The fourth-order valence-electron chi connectivity index (χ4n) is 2.68. The monoisotopic (exact) mass is 377 g/mol. The smallest absolute Gasteiger partial charge is 0.308 e. The highest BCUT2D eigenvalue weighted by Gasteiger charge is 2.28. The lowest BCUT2D eigenvalue weighted by Gasteiger charge is -2.29. The maximum atomic E-state index is 13.2. The van der Waals surface area contributed by atoms with Gasteiger partial charge < -0.3 is 10.1 Å². The van der Waals surface area contributed by atoms with Crippen LogP contribution in [0.3, 0.4) is 0 Å². The van der Waals surface area contributed by atoms with Gasteiger partial charge in [0.25, 0.3) is 0 Å². The molecule has 1 aromatic rings. The molecule has 1 fully saturated rings. The summed E-state index contributed by atoms with van der Waals surface area (Å²) >= 11 is 9.39. The van der Waals surface area contributed by atoms with E-state index in [1.54, 1.807) is 0 Å². The Morgan fingerprint density at radius 1 is 1.52 bits per heavy atom. The molecule has 1 saturated carbocycles. The third-order valence-electron chi connectivity index (χ3n) is 3.65. The molecule has 0 aromatic heterocycles. The number of halogens is 3. The van der Waals surface area contributed by atoms with Gasteiger partial charge in [0.15, 0.2) is 0 Å². The van der Waals surface area contributed by atoms with Crippen molar-refractivity contribution in [2.24, 2.45) is 5.92 Å². The van der Waals surface area contributed by atoms with Gasteiger partial charge in [-0.2, -0.15) is 0 Å². The first-order valence-electron chi connectivity index (χ1n) is 7.09. The molecule has 1 N–H and O–H groups in total. The van der Waals surface area contributed by atoms with Crippen molar-refractivity contribution in [3.63, 3.8) is 0 Å². The molecular weight excluding hydrogens is 361 g/mol. The molecule has 2 rings (SSSR count). The van der Waals surface area contributed by atoms with Gasteiger partial charge in [0.05, 0.1) is 23.2 Å². The van der Waals surface area contributed by atoms with Crippen LogP contribution in [0.25, 0.3) is 0 Å². The topological polar surface area (TPSA) is 38.3 Å². The SMILES string of the molecule is CCOC(=O)C1CCCC(Nc2c(Cl)cc(F)cc2Br)C1. The third-order valence-corrected chi connectivity index (χ3v) is 4.57. The van der Waals surface area contributed by atoms with Crippen LogP contribution in [0.1, 0.15) is 32.6 Å². The molecule has 1 aliphatic rings. The van der Waals surface area contributed by atoms with E-state index in [0.29, 0.717) is 28.2 Å². The second-order valence-corrected chi connectivity index (χ2v) is 6.46. The molecule has 0 saturated heterocycles. The summed E-state index contributed by atoms with van der Waals surface area (Å²) in [6, 6.07) is 2.78. The minimum Gasteiger partial charge on any atom is -0.466 e. The number of carbonyl (C=O) groups is 1. The molecule has 3 nitrogen and oxygen atoms in total. The number of ether oxygens (including phenoxy) is 1. The van der Waals surface area contributed by atoms with Gasteiger partial charge in [0.1, 0.15) is 5.82 Å². The van der Waals surface area contributed by atoms with Gasteiger partial charge in [-0.15, -0.1) is 0 Å². The Labute approximate surface area is 137 Å². The highest BCUT2D eigenvalue weighted by molar-refractivity contribution is 9.10. The Morgan fingerprint density at radius 3 is 2.95 bits per heavy atom. The number of anilines is 1. The quantitative estimate of drug-likeness (QED) is 0.767. The van der Waals surface area contributed by atoms with E-state index in [9.17, 15) is 9.18 Å². The van der Waals surface area contributed by atoms with Gasteiger partial charge in [0, 0.05) is 10.5 Å². The van der Waals surface area contributed by atoms with Crippen LogP contribution in [-0.2, 0) is 9.53 Å². The summed E-state index contributed by atoms with van der Waals surface area (Å²) in [5.74, 6) is -0.590. The van der Waals surface area contributed by atoms with Gasteiger partial charge in [0.2, 0.25) is 0 Å². The van der Waals surface area contributed by atoms with Crippen LogP contribution < -0.4 is 5.32 Å². The van der Waals surface area contributed by atoms with Crippen molar-refractivity contribution >= 4 is 39.2 Å². The largest absolute Gasteiger partial charge is 0.466 e. The van der Waals surface area contributed by atoms with E-state index >= 15 is 0 Å². The maximum Gasteiger partial charge on any atom is 0.308 e. The van der Waals surface area contributed by atoms with Crippen LogP contribution >= 0.6 is 27.5 Å². The molecule has 2 unspecified atom stereocenters. The molecular formula is C15H18BrClFNO2. The number of benzene rings is 1. The molecule has 1 aromatic carbocycles. The molecule has 0 heterocycles. The minimum atomic E-state index is -0.384. The first-order chi connectivity index (χ1) is 10.0. The van der Waals surface area contributed by atoms with E-state index in [4.69, 9.17) is 16.3 Å². The van der Waals surface area contributed by atoms with Crippen molar-refractivity contribution in [2.75, 3.05) is 11.9 Å². The Bertz CT molecular complexity index is 503. The van der Waals surface area contributed by atoms with Crippen LogP contribution in [0, 0.1) is 11.7 Å². The van der Waals surface area contributed by atoms with E-state index in [0.717, 1.165) is 19.3 Å². The van der Waals surface area contributed by atoms with Crippen LogP contribution in [-0.4, -0.2) is 18.6 Å². The zero-order valence-corrected chi connectivity index (χ0v) is 14.1. The standard InChI is InChI=1S/C15H18BrClFNO2/c1-2-21-15(20)9-4-3-5-11(6-9)19-14-12(16)7-10(18)8-13(14)17/h7-9,11,19H,2-6H2,1H3. The van der Waals surface area contributed by atoms with E-state index in [-0.39, 0.29) is 23.7 Å². The zero-order chi connectivity index (χ0) is 15.4. The van der Waals surface area contributed by atoms with Gasteiger partial charge in [-0.05, 0) is 54.2 Å². The highest BCUT2D eigenvalue weighted by atomic mass is 79.9. The molecule has 21 heavy (non-hydrogen) atoms. The Balaban J connectivity index is 2.04. The average molecular weight is 379 g/mol. The zero-order valence-electron chi connectivity index (χ0n) is 11.8. The van der Waals surface area contributed by atoms with Crippen molar-refractivity contribution in [2.45, 2.75) is 38.6 Å². The Kier molecular flexibility index (Phi) is 5.88. The molecule has 116 valence electrons. The van der Waals surface area contributed by atoms with Gasteiger partial charge >= 0.3 is 5.97 Å². The van der Waals surface area contributed by atoms with E-state index in [1.807, 2.05) is 6.92 Å². The third kappa shape index (κ3) is 4.33. The van der Waals surface area contributed by atoms with E-state index in [1.165, 1.54) is 12.1 Å². The van der Waals surface area contributed by atoms with Crippen LogP contribution in [0.15, 0.2) is 16.6 Å². The van der Waals surface area contributed by atoms with Gasteiger partial charge in [-0.1, -0.05) is 18.0 Å². The lowest BCUT2D eigenvalue weighted by Crippen LogP contribution is -2.32. The Morgan fingerprint density at radius 2 is 2.29 bits per heavy atom. The molecule has 6 heteroatoms. The number of hydrogen-bond acceptors (Lipinski definition) is 3. The molecule has 1 aliphatic carbocycles. The summed E-state index contributed by atoms with van der Waals surface area (Å²) in [6.07, 6.45) is 3.47. The van der Waals surface area contributed by atoms with E-state index < -0.39 is 0 Å². The second kappa shape index (κ2) is 7.45. The number of carbonyl (C=O) groups excluding carboxylic acids is 1. The summed E-state index contributed by atoms with van der Waals surface area (Å²) in [7, 11) is 0. The summed E-state index contributed by atoms with van der Waals surface area (Å²) in [5, 5.41) is 3.65. The molecule has 0 radical (unpaired) electrons. The number of esters is 1. The van der Waals surface area contributed by atoms with Gasteiger partial charge in [-0.25, -0.2) is 4.39 Å². The summed E-state index contributed by atoms with van der Waals surface area (Å²) in [6.45, 7) is 2.22. The van der Waals surface area contributed by atoms with Crippen molar-refractivity contribution in [3.05, 3.63) is 27.4 Å². The highest BCUT2D eigenvalue weighted by Crippen LogP contribution is 2.35. The molecule has 0 bridgehead atoms. The average Bonchev–Trinajstić information content (AvgIpc) is 2.43. The van der Waals surface area contributed by atoms with E-state index in [2.05, 4.69) is 21.2 Å². The summed E-state index contributed by atoms with van der Waals surface area (Å²) in [5.41, 5.74) is 0.674. The number of hydrogen-bond donors (Lipinski definition) is 1. The van der Waals surface area contributed by atoms with Crippen LogP contribution in [0.2, 0.25) is 5.02 Å². The summed E-state index contributed by atoms with van der Waals surface area (Å²) < 4.78 is 18.9. The van der Waals surface area contributed by atoms with Crippen molar-refractivity contribution in [1.29, 1.82) is 0 Å². The Hall–Kier alpha value is -0.810. The van der Waals surface area contributed by atoms with Crippen molar-refractivity contribution < 1.29 is 13.9 Å². The fourth-order valence-corrected chi connectivity index (χ4v) is 3.60. The molecule has 0 spiro atoms. The van der Waals surface area contributed by atoms with Crippen LogP contribution in [0.5, 0.6) is 0 Å². The predicted octanol–water partition coefficient (Wildman–Crippen LogP) is 4.78. The van der Waals surface area contributed by atoms with Crippen molar-refractivity contribution in [1.82, 2.24) is 0 Å². The lowest BCUT2D eigenvalue weighted by atomic mass is 9.85. The normalized spacial score (nSPS) is 21.9. The van der Waals surface area contributed by atoms with Gasteiger partial charge in [-0.3, -0.25) is 4.79 Å². The lowest BCUT2D eigenvalue weighted by molar-refractivity contribution is -0.149. The molecule has 2 atom stereocenters. The number of nitrogens with one attached hydrogen (secondary N) is 1. The summed E-state index contributed by atoms with van der Waals surface area (Å²) in [4.78, 5) is 11.8. The van der Waals surface area contributed by atoms with Crippen LogP contribution in [0.4, 0.5) is 10.1 Å². The second-order valence-electron chi connectivity index (χ2n) is 5.20. The molecule has 0 amide bonds. The van der Waals surface area contributed by atoms with Crippen molar-refractivity contribution in [3.8, 4) is 0 Å².